The minimum absolute atomic E-state index is 0.230. The van der Waals surface area contributed by atoms with Gasteiger partial charge in [-0.3, -0.25) is 9.69 Å². The van der Waals surface area contributed by atoms with Gasteiger partial charge in [0.25, 0.3) is 0 Å². The van der Waals surface area contributed by atoms with Gasteiger partial charge in [-0.05, 0) is 44.0 Å². The van der Waals surface area contributed by atoms with Gasteiger partial charge in [0.05, 0.1) is 0 Å². The normalized spacial score (nSPS) is 17.0. The molecule has 0 saturated carbocycles. The average Bonchev–Trinajstić information content (AvgIpc) is 2.32. The average molecular weight is 231 g/mol. The number of piperidine rings is 1. The van der Waals surface area contributed by atoms with E-state index in [1.807, 2.05) is 0 Å². The van der Waals surface area contributed by atoms with Gasteiger partial charge in [0, 0.05) is 13.0 Å². The molecule has 0 aromatic heterocycles. The van der Waals surface area contributed by atoms with Crippen LogP contribution in [0.5, 0.6) is 0 Å². The SMILES string of the molecule is CC(=O)Cc1ccc(CN2CCCCC2)cc1. The van der Waals surface area contributed by atoms with E-state index < -0.39 is 0 Å². The van der Waals surface area contributed by atoms with Gasteiger partial charge in [-0.15, -0.1) is 0 Å². The van der Waals surface area contributed by atoms with Crippen molar-refractivity contribution in [2.24, 2.45) is 0 Å². The monoisotopic (exact) mass is 231 g/mol. The summed E-state index contributed by atoms with van der Waals surface area (Å²) in [5, 5.41) is 0. The highest BCUT2D eigenvalue weighted by Crippen LogP contribution is 2.13. The third kappa shape index (κ3) is 3.97. The van der Waals surface area contributed by atoms with Crippen LogP contribution in [0.15, 0.2) is 24.3 Å². The molecule has 1 heterocycles. The van der Waals surface area contributed by atoms with E-state index in [9.17, 15) is 4.79 Å². The van der Waals surface area contributed by atoms with Crippen LogP contribution < -0.4 is 0 Å². The fourth-order valence-corrected chi connectivity index (χ4v) is 2.43. The number of hydrogen-bond donors (Lipinski definition) is 0. The molecule has 1 aliphatic heterocycles. The summed E-state index contributed by atoms with van der Waals surface area (Å²) in [5.41, 5.74) is 2.49. The molecule has 17 heavy (non-hydrogen) atoms. The zero-order valence-electron chi connectivity index (χ0n) is 10.6. The van der Waals surface area contributed by atoms with Gasteiger partial charge < -0.3 is 0 Å². The maximum Gasteiger partial charge on any atom is 0.134 e. The van der Waals surface area contributed by atoms with Gasteiger partial charge in [-0.25, -0.2) is 0 Å². The van der Waals surface area contributed by atoms with E-state index in [-0.39, 0.29) is 5.78 Å². The van der Waals surface area contributed by atoms with E-state index in [0.717, 1.165) is 12.1 Å². The first kappa shape index (κ1) is 12.3. The van der Waals surface area contributed by atoms with Crippen LogP contribution in [0.1, 0.15) is 37.3 Å². The third-order valence-corrected chi connectivity index (χ3v) is 3.33. The Labute approximate surface area is 104 Å². The molecule has 2 rings (SSSR count). The maximum absolute atomic E-state index is 11.0. The van der Waals surface area contributed by atoms with Gasteiger partial charge in [0.2, 0.25) is 0 Å². The molecule has 0 amide bonds. The minimum atomic E-state index is 0.230. The van der Waals surface area contributed by atoms with Crippen molar-refractivity contribution in [1.82, 2.24) is 4.90 Å². The van der Waals surface area contributed by atoms with Gasteiger partial charge in [-0.1, -0.05) is 30.7 Å². The molecule has 0 bridgehead atoms. The Morgan fingerprint density at radius 3 is 2.24 bits per heavy atom. The number of benzene rings is 1. The van der Waals surface area contributed by atoms with Crippen molar-refractivity contribution >= 4 is 5.78 Å². The van der Waals surface area contributed by atoms with Crippen molar-refractivity contribution in [3.8, 4) is 0 Å². The first-order valence-electron chi connectivity index (χ1n) is 6.53. The van der Waals surface area contributed by atoms with Gasteiger partial charge in [0.1, 0.15) is 5.78 Å². The summed E-state index contributed by atoms with van der Waals surface area (Å²) in [7, 11) is 0. The summed E-state index contributed by atoms with van der Waals surface area (Å²) >= 11 is 0. The smallest absolute Gasteiger partial charge is 0.134 e. The molecule has 0 spiro atoms. The van der Waals surface area contributed by atoms with Gasteiger partial charge in [-0.2, -0.15) is 0 Å². The predicted octanol–water partition coefficient (Wildman–Crippen LogP) is 2.80. The molecular weight excluding hydrogens is 210 g/mol. The highest BCUT2D eigenvalue weighted by molar-refractivity contribution is 5.78. The largest absolute Gasteiger partial charge is 0.300 e. The van der Waals surface area contributed by atoms with Crippen LogP contribution in [0, 0.1) is 0 Å². The maximum atomic E-state index is 11.0. The second kappa shape index (κ2) is 5.97. The first-order valence-corrected chi connectivity index (χ1v) is 6.53. The molecule has 1 aliphatic rings. The van der Waals surface area contributed by atoms with Crippen molar-refractivity contribution in [3.63, 3.8) is 0 Å². The Morgan fingerprint density at radius 1 is 1.06 bits per heavy atom. The van der Waals surface area contributed by atoms with Gasteiger partial charge >= 0.3 is 0 Å². The predicted molar refractivity (Wildman–Crippen MR) is 70.0 cm³/mol. The molecule has 92 valence electrons. The summed E-state index contributed by atoms with van der Waals surface area (Å²) in [5.74, 6) is 0.230. The lowest BCUT2D eigenvalue weighted by atomic mass is 10.1. The third-order valence-electron chi connectivity index (χ3n) is 3.33. The molecule has 0 N–H and O–H groups in total. The topological polar surface area (TPSA) is 20.3 Å². The number of nitrogens with zero attached hydrogens (tertiary/aromatic N) is 1. The molecule has 2 nitrogen and oxygen atoms in total. The fourth-order valence-electron chi connectivity index (χ4n) is 2.43. The number of ketones is 1. The fraction of sp³-hybridized carbons (Fsp3) is 0.533. The molecule has 0 radical (unpaired) electrons. The van der Waals surface area contributed by atoms with Crippen LogP contribution in [0.25, 0.3) is 0 Å². The second-order valence-electron chi connectivity index (χ2n) is 5.03. The van der Waals surface area contributed by atoms with E-state index in [2.05, 4.69) is 29.2 Å². The van der Waals surface area contributed by atoms with Crippen molar-refractivity contribution < 1.29 is 4.79 Å². The Kier molecular flexibility index (Phi) is 4.32. The number of Topliss-reactive ketones (excluding diaryl/α,β-unsaturated/α-hetero) is 1. The van der Waals surface area contributed by atoms with E-state index in [1.54, 1.807) is 6.92 Å². The first-order chi connectivity index (χ1) is 8.24. The molecular formula is C15H21NO. The Hall–Kier alpha value is -1.15. The number of rotatable bonds is 4. The summed E-state index contributed by atoms with van der Waals surface area (Å²) in [4.78, 5) is 13.5. The van der Waals surface area contributed by atoms with Crippen molar-refractivity contribution in [1.29, 1.82) is 0 Å². The highest BCUT2D eigenvalue weighted by Gasteiger charge is 2.10. The summed E-state index contributed by atoms with van der Waals surface area (Å²) < 4.78 is 0. The molecule has 1 aromatic rings. The Morgan fingerprint density at radius 2 is 1.65 bits per heavy atom. The second-order valence-corrected chi connectivity index (χ2v) is 5.03. The summed E-state index contributed by atoms with van der Waals surface area (Å²) in [6.07, 6.45) is 4.61. The Balaban J connectivity index is 1.90. The van der Waals surface area contributed by atoms with E-state index in [1.165, 1.54) is 37.9 Å². The molecule has 1 saturated heterocycles. The zero-order valence-corrected chi connectivity index (χ0v) is 10.6. The van der Waals surface area contributed by atoms with Crippen LogP contribution in [0.2, 0.25) is 0 Å². The number of likely N-dealkylation sites (tertiary alicyclic amines) is 1. The molecule has 0 atom stereocenters. The number of hydrogen-bond acceptors (Lipinski definition) is 2. The lowest BCUT2D eigenvalue weighted by molar-refractivity contribution is -0.116. The van der Waals surface area contributed by atoms with Crippen LogP contribution in [-0.4, -0.2) is 23.8 Å². The highest BCUT2D eigenvalue weighted by atomic mass is 16.1. The van der Waals surface area contributed by atoms with Crippen molar-refractivity contribution in [3.05, 3.63) is 35.4 Å². The number of carbonyl (C=O) groups is 1. The van der Waals surface area contributed by atoms with Crippen molar-refractivity contribution in [2.75, 3.05) is 13.1 Å². The van der Waals surface area contributed by atoms with E-state index in [0.29, 0.717) is 6.42 Å². The van der Waals surface area contributed by atoms with E-state index >= 15 is 0 Å². The quantitative estimate of drug-likeness (QED) is 0.794. The summed E-state index contributed by atoms with van der Waals surface area (Å²) in [6, 6.07) is 8.49. The van der Waals surface area contributed by atoms with Crippen LogP contribution in [0.4, 0.5) is 0 Å². The lowest BCUT2D eigenvalue weighted by Gasteiger charge is -2.26. The lowest BCUT2D eigenvalue weighted by Crippen LogP contribution is -2.29. The Bertz CT molecular complexity index is 363. The molecule has 1 aromatic carbocycles. The number of carbonyl (C=O) groups excluding carboxylic acids is 1. The van der Waals surface area contributed by atoms with Crippen molar-refractivity contribution in [2.45, 2.75) is 39.2 Å². The summed E-state index contributed by atoms with van der Waals surface area (Å²) in [6.45, 7) is 5.16. The zero-order chi connectivity index (χ0) is 12.1. The standard InChI is InChI=1S/C15H21NO/c1-13(17)11-14-5-7-15(8-6-14)12-16-9-3-2-4-10-16/h5-8H,2-4,9-12H2,1H3. The van der Waals surface area contributed by atoms with E-state index in [4.69, 9.17) is 0 Å². The van der Waals surface area contributed by atoms with Crippen LogP contribution in [0.3, 0.4) is 0 Å². The minimum Gasteiger partial charge on any atom is -0.300 e. The molecule has 1 fully saturated rings. The van der Waals surface area contributed by atoms with Crippen LogP contribution >= 0.6 is 0 Å². The molecule has 0 unspecified atom stereocenters. The molecule has 2 heteroatoms. The van der Waals surface area contributed by atoms with Crippen LogP contribution in [-0.2, 0) is 17.8 Å². The van der Waals surface area contributed by atoms with Gasteiger partial charge in [0.15, 0.2) is 0 Å². The molecule has 0 aliphatic carbocycles.